The minimum atomic E-state index is 0.295. The molecule has 17 heavy (non-hydrogen) atoms. The van der Waals surface area contributed by atoms with E-state index in [-0.39, 0.29) is 0 Å². The molecule has 0 saturated heterocycles. The molecule has 4 heteroatoms. The molecule has 1 aromatic carbocycles. The normalized spacial score (nSPS) is 12.6. The summed E-state index contributed by atoms with van der Waals surface area (Å²) < 4.78 is 3.03. The predicted octanol–water partition coefficient (Wildman–Crippen LogP) is 2.69. The van der Waals surface area contributed by atoms with Crippen LogP contribution in [0.1, 0.15) is 17.3 Å². The van der Waals surface area contributed by atoms with Crippen LogP contribution in [0.5, 0.6) is 0 Å². The lowest BCUT2D eigenvalue weighted by molar-refractivity contribution is 0.537. The first kappa shape index (κ1) is 12.3. The molecule has 2 aromatic rings. The van der Waals surface area contributed by atoms with Gasteiger partial charge in [-0.1, -0.05) is 28.1 Å². The first-order valence-corrected chi connectivity index (χ1v) is 6.39. The number of rotatable bonds is 4. The highest BCUT2D eigenvalue weighted by atomic mass is 79.9. The van der Waals surface area contributed by atoms with Crippen molar-refractivity contribution in [3.63, 3.8) is 0 Å². The Labute approximate surface area is 110 Å². The smallest absolute Gasteiger partial charge is 0.0553 e. The fourth-order valence-corrected chi connectivity index (χ4v) is 2.20. The molecule has 0 fully saturated rings. The lowest BCUT2D eigenvalue weighted by atomic mass is 10.0. The van der Waals surface area contributed by atoms with Crippen molar-refractivity contribution in [2.45, 2.75) is 12.5 Å². The van der Waals surface area contributed by atoms with Crippen LogP contribution in [-0.4, -0.2) is 16.8 Å². The molecule has 1 heterocycles. The Bertz CT molecular complexity index is 476. The molecule has 1 aromatic heterocycles. The van der Waals surface area contributed by atoms with Crippen molar-refractivity contribution in [1.82, 2.24) is 15.1 Å². The van der Waals surface area contributed by atoms with Gasteiger partial charge in [0.05, 0.1) is 11.7 Å². The Morgan fingerprint density at radius 2 is 2.00 bits per heavy atom. The summed E-state index contributed by atoms with van der Waals surface area (Å²) in [6, 6.07) is 10.8. The maximum atomic E-state index is 4.21. The van der Waals surface area contributed by atoms with Crippen LogP contribution in [0, 0.1) is 0 Å². The van der Waals surface area contributed by atoms with Crippen molar-refractivity contribution in [1.29, 1.82) is 0 Å². The van der Waals surface area contributed by atoms with Gasteiger partial charge < -0.3 is 5.32 Å². The number of nitrogens with zero attached hydrogens (tertiary/aromatic N) is 2. The fourth-order valence-electron chi connectivity index (χ4n) is 1.94. The molecule has 0 radical (unpaired) electrons. The Morgan fingerprint density at radius 1 is 1.29 bits per heavy atom. The summed E-state index contributed by atoms with van der Waals surface area (Å²) in [5.41, 5.74) is 2.52. The highest BCUT2D eigenvalue weighted by molar-refractivity contribution is 9.10. The van der Waals surface area contributed by atoms with Gasteiger partial charge in [-0.15, -0.1) is 0 Å². The highest BCUT2D eigenvalue weighted by Gasteiger charge is 2.13. The van der Waals surface area contributed by atoms with Gasteiger partial charge in [0.2, 0.25) is 0 Å². The molecular weight excluding hydrogens is 278 g/mol. The zero-order chi connectivity index (χ0) is 12.3. The summed E-state index contributed by atoms with van der Waals surface area (Å²) in [5, 5.41) is 7.55. The fraction of sp³-hybridized carbons (Fsp3) is 0.308. The summed E-state index contributed by atoms with van der Waals surface area (Å²) in [5.74, 6) is 0. The predicted molar refractivity (Wildman–Crippen MR) is 72.9 cm³/mol. The largest absolute Gasteiger partial charge is 0.311 e. The van der Waals surface area contributed by atoms with Crippen molar-refractivity contribution in [3.05, 3.63) is 52.3 Å². The van der Waals surface area contributed by atoms with E-state index in [9.17, 15) is 0 Å². The summed E-state index contributed by atoms with van der Waals surface area (Å²) in [7, 11) is 3.96. The van der Waals surface area contributed by atoms with Gasteiger partial charge in [-0.2, -0.15) is 5.10 Å². The van der Waals surface area contributed by atoms with Gasteiger partial charge in [0.15, 0.2) is 0 Å². The van der Waals surface area contributed by atoms with Crippen LogP contribution in [0.2, 0.25) is 0 Å². The molecule has 1 atom stereocenters. The molecule has 0 saturated carbocycles. The van der Waals surface area contributed by atoms with Crippen LogP contribution >= 0.6 is 15.9 Å². The van der Waals surface area contributed by atoms with Crippen molar-refractivity contribution >= 4 is 15.9 Å². The Balaban J connectivity index is 2.16. The summed E-state index contributed by atoms with van der Waals surface area (Å²) >= 11 is 3.45. The van der Waals surface area contributed by atoms with E-state index in [0.29, 0.717) is 6.04 Å². The maximum absolute atomic E-state index is 4.21. The molecule has 1 unspecified atom stereocenters. The number of nitrogens with one attached hydrogen (secondary N) is 1. The van der Waals surface area contributed by atoms with Crippen LogP contribution in [0.3, 0.4) is 0 Å². The zero-order valence-electron chi connectivity index (χ0n) is 10.0. The number of aryl methyl sites for hydroxylation is 1. The van der Waals surface area contributed by atoms with Crippen LogP contribution in [0.25, 0.3) is 0 Å². The van der Waals surface area contributed by atoms with Gasteiger partial charge in [-0.3, -0.25) is 4.68 Å². The lowest BCUT2D eigenvalue weighted by Crippen LogP contribution is -2.21. The number of benzene rings is 1. The van der Waals surface area contributed by atoms with Crippen molar-refractivity contribution in [2.24, 2.45) is 7.05 Å². The van der Waals surface area contributed by atoms with E-state index < -0.39 is 0 Å². The van der Waals surface area contributed by atoms with Gasteiger partial charge in [-0.25, -0.2) is 0 Å². The molecule has 0 aliphatic rings. The Morgan fingerprint density at radius 3 is 2.53 bits per heavy atom. The molecule has 0 aliphatic carbocycles. The second-order valence-corrected chi connectivity index (χ2v) is 4.97. The number of hydrogen-bond acceptors (Lipinski definition) is 2. The molecule has 0 amide bonds. The molecular formula is C13H16BrN3. The second-order valence-electron chi connectivity index (χ2n) is 4.05. The third-order valence-corrected chi connectivity index (χ3v) is 3.45. The quantitative estimate of drug-likeness (QED) is 0.939. The van der Waals surface area contributed by atoms with Crippen molar-refractivity contribution in [2.75, 3.05) is 7.05 Å². The van der Waals surface area contributed by atoms with E-state index in [4.69, 9.17) is 0 Å². The highest BCUT2D eigenvalue weighted by Crippen LogP contribution is 2.19. The number of hydrogen-bond donors (Lipinski definition) is 1. The molecule has 90 valence electrons. The van der Waals surface area contributed by atoms with Crippen LogP contribution in [-0.2, 0) is 13.5 Å². The van der Waals surface area contributed by atoms with Crippen LogP contribution < -0.4 is 5.32 Å². The lowest BCUT2D eigenvalue weighted by Gasteiger charge is -2.16. The Hall–Kier alpha value is -1.13. The third kappa shape index (κ3) is 2.96. The second kappa shape index (κ2) is 5.47. The van der Waals surface area contributed by atoms with E-state index in [1.54, 1.807) is 0 Å². The molecule has 0 spiro atoms. The summed E-state index contributed by atoms with van der Waals surface area (Å²) in [6.07, 6.45) is 2.80. The SMILES string of the molecule is CNC(Cc1ccc(Br)cc1)c1ccnn1C. The average Bonchev–Trinajstić information content (AvgIpc) is 2.75. The summed E-state index contributed by atoms with van der Waals surface area (Å²) in [4.78, 5) is 0. The monoisotopic (exact) mass is 293 g/mol. The van der Waals surface area contributed by atoms with Crippen molar-refractivity contribution in [3.8, 4) is 0 Å². The van der Waals surface area contributed by atoms with E-state index in [2.05, 4.69) is 56.7 Å². The first-order chi connectivity index (χ1) is 8.20. The maximum Gasteiger partial charge on any atom is 0.0553 e. The molecule has 0 aliphatic heterocycles. The van der Waals surface area contributed by atoms with Gasteiger partial charge >= 0.3 is 0 Å². The van der Waals surface area contributed by atoms with Crippen molar-refractivity contribution < 1.29 is 0 Å². The van der Waals surface area contributed by atoms with Gasteiger partial charge in [0.1, 0.15) is 0 Å². The molecule has 1 N–H and O–H groups in total. The standard InChI is InChI=1S/C13H16BrN3/c1-15-12(13-7-8-16-17(13)2)9-10-3-5-11(14)6-4-10/h3-8,12,15H,9H2,1-2H3. The molecule has 2 rings (SSSR count). The van der Waals surface area contributed by atoms with Crippen LogP contribution in [0.15, 0.2) is 41.0 Å². The van der Waals surface area contributed by atoms with E-state index in [1.165, 1.54) is 11.3 Å². The topological polar surface area (TPSA) is 29.9 Å². The Kier molecular flexibility index (Phi) is 3.97. The minimum Gasteiger partial charge on any atom is -0.311 e. The average molecular weight is 294 g/mol. The van der Waals surface area contributed by atoms with Crippen LogP contribution in [0.4, 0.5) is 0 Å². The zero-order valence-corrected chi connectivity index (χ0v) is 11.6. The molecule has 3 nitrogen and oxygen atoms in total. The molecule has 0 bridgehead atoms. The van der Waals surface area contributed by atoms with Gasteiger partial charge in [0.25, 0.3) is 0 Å². The van der Waals surface area contributed by atoms with Gasteiger partial charge in [-0.05, 0) is 37.2 Å². The number of likely N-dealkylation sites (N-methyl/N-ethyl adjacent to an activating group) is 1. The third-order valence-electron chi connectivity index (χ3n) is 2.92. The van der Waals surface area contributed by atoms with E-state index >= 15 is 0 Å². The number of aromatic nitrogens is 2. The number of halogens is 1. The van der Waals surface area contributed by atoms with Gasteiger partial charge in [0, 0.05) is 17.7 Å². The minimum absolute atomic E-state index is 0.295. The van der Waals surface area contributed by atoms with E-state index in [0.717, 1.165) is 10.9 Å². The first-order valence-electron chi connectivity index (χ1n) is 5.60. The summed E-state index contributed by atoms with van der Waals surface area (Å²) in [6.45, 7) is 0. The van der Waals surface area contributed by atoms with E-state index in [1.807, 2.05) is 25.0 Å².